The van der Waals surface area contributed by atoms with Gasteiger partial charge in [-0.2, -0.15) is 0 Å². The molecule has 0 spiro atoms. The monoisotopic (exact) mass is 193 g/mol. The molecule has 2 N–H and O–H groups in total. The molecule has 0 aromatic carbocycles. The van der Waals surface area contributed by atoms with Crippen LogP contribution in [0.15, 0.2) is 6.33 Å². The Hall–Kier alpha value is -0.830. The van der Waals surface area contributed by atoms with Gasteiger partial charge in [-0.05, 0) is 12.3 Å². The Morgan fingerprint density at radius 3 is 2.79 bits per heavy atom. The summed E-state index contributed by atoms with van der Waals surface area (Å²) in [4.78, 5) is 7.69. The van der Waals surface area contributed by atoms with Crippen LogP contribution < -0.4 is 5.32 Å². The highest BCUT2D eigenvalue weighted by Gasteiger charge is 2.43. The van der Waals surface area contributed by atoms with E-state index in [0.717, 1.165) is 13.0 Å². The van der Waals surface area contributed by atoms with Gasteiger partial charge in [0.2, 0.25) is 0 Å². The van der Waals surface area contributed by atoms with Crippen LogP contribution in [0, 0.1) is 5.41 Å². The smallest absolute Gasteiger partial charge is 0.0926 e. The molecule has 2 heterocycles. The predicted molar refractivity (Wildman–Crippen MR) is 57.1 cm³/mol. The van der Waals surface area contributed by atoms with Crippen molar-refractivity contribution in [3.63, 3.8) is 0 Å². The largest absolute Gasteiger partial charge is 0.348 e. The average molecular weight is 193 g/mol. The van der Waals surface area contributed by atoms with Crippen molar-refractivity contribution in [2.75, 3.05) is 6.54 Å². The fourth-order valence-corrected chi connectivity index (χ4v) is 2.08. The molecule has 0 amide bonds. The van der Waals surface area contributed by atoms with E-state index >= 15 is 0 Å². The van der Waals surface area contributed by atoms with Crippen molar-refractivity contribution in [2.45, 2.75) is 39.7 Å². The molecule has 14 heavy (non-hydrogen) atoms. The van der Waals surface area contributed by atoms with E-state index in [2.05, 4.69) is 43.0 Å². The van der Waals surface area contributed by atoms with Gasteiger partial charge in [0, 0.05) is 18.7 Å². The Balaban J connectivity index is 2.50. The molecule has 1 aliphatic heterocycles. The lowest BCUT2D eigenvalue weighted by Gasteiger charge is -2.44. The topological polar surface area (TPSA) is 40.7 Å². The molecule has 1 atom stereocenters. The lowest BCUT2D eigenvalue weighted by atomic mass is 9.71. The molecule has 0 aliphatic carbocycles. The molecule has 0 bridgehead atoms. The number of H-pyrrole nitrogens is 1. The van der Waals surface area contributed by atoms with E-state index in [1.165, 1.54) is 11.4 Å². The molecular formula is C11H19N3. The Morgan fingerprint density at radius 1 is 1.43 bits per heavy atom. The van der Waals surface area contributed by atoms with Crippen molar-refractivity contribution >= 4 is 0 Å². The predicted octanol–water partition coefficient (Wildman–Crippen LogP) is 1.82. The molecular weight excluding hydrogens is 174 g/mol. The Morgan fingerprint density at radius 2 is 2.14 bits per heavy atom. The molecule has 3 heteroatoms. The van der Waals surface area contributed by atoms with Crippen molar-refractivity contribution in [2.24, 2.45) is 5.41 Å². The van der Waals surface area contributed by atoms with Gasteiger partial charge < -0.3 is 10.3 Å². The lowest BCUT2D eigenvalue weighted by molar-refractivity contribution is 0.143. The van der Waals surface area contributed by atoms with Crippen LogP contribution in [0.4, 0.5) is 0 Å². The van der Waals surface area contributed by atoms with Gasteiger partial charge in [0.05, 0.1) is 17.6 Å². The molecule has 0 saturated carbocycles. The third-order valence-electron chi connectivity index (χ3n) is 3.55. The average Bonchev–Trinajstić information content (AvgIpc) is 2.51. The van der Waals surface area contributed by atoms with Gasteiger partial charge >= 0.3 is 0 Å². The summed E-state index contributed by atoms with van der Waals surface area (Å²) in [5.74, 6) is 0. The Labute approximate surface area is 85.3 Å². The quantitative estimate of drug-likeness (QED) is 0.660. The fourth-order valence-electron chi connectivity index (χ4n) is 2.08. The van der Waals surface area contributed by atoms with Crippen LogP contribution in [0.3, 0.4) is 0 Å². The van der Waals surface area contributed by atoms with E-state index in [9.17, 15) is 0 Å². The number of fused-ring (bicyclic) bond motifs is 1. The number of aromatic nitrogens is 2. The molecule has 1 unspecified atom stereocenters. The summed E-state index contributed by atoms with van der Waals surface area (Å²) in [6.45, 7) is 10.0. The molecule has 1 aromatic rings. The molecule has 1 aliphatic rings. The fraction of sp³-hybridized carbons (Fsp3) is 0.727. The minimum Gasteiger partial charge on any atom is -0.348 e. The third-order valence-corrected chi connectivity index (χ3v) is 3.55. The second kappa shape index (κ2) is 2.83. The SMILES string of the molecule is CC(C)(C)C1(C)NCCc2[nH]cnc21. The highest BCUT2D eigenvalue weighted by molar-refractivity contribution is 5.26. The lowest BCUT2D eigenvalue weighted by Crippen LogP contribution is -2.53. The summed E-state index contributed by atoms with van der Waals surface area (Å²) in [5.41, 5.74) is 2.65. The van der Waals surface area contributed by atoms with Crippen LogP contribution in [-0.2, 0) is 12.0 Å². The third kappa shape index (κ3) is 1.19. The van der Waals surface area contributed by atoms with Crippen LogP contribution in [0.25, 0.3) is 0 Å². The van der Waals surface area contributed by atoms with E-state index < -0.39 is 0 Å². The van der Waals surface area contributed by atoms with Crippen molar-refractivity contribution in [3.05, 3.63) is 17.7 Å². The maximum atomic E-state index is 4.46. The van der Waals surface area contributed by atoms with E-state index in [-0.39, 0.29) is 11.0 Å². The number of nitrogens with zero attached hydrogens (tertiary/aromatic N) is 1. The van der Waals surface area contributed by atoms with Crippen LogP contribution in [0.1, 0.15) is 39.1 Å². The van der Waals surface area contributed by atoms with Crippen LogP contribution in [0.2, 0.25) is 0 Å². The molecule has 3 nitrogen and oxygen atoms in total. The van der Waals surface area contributed by atoms with E-state index in [0.29, 0.717) is 0 Å². The van der Waals surface area contributed by atoms with E-state index in [4.69, 9.17) is 0 Å². The van der Waals surface area contributed by atoms with Crippen molar-refractivity contribution in [3.8, 4) is 0 Å². The van der Waals surface area contributed by atoms with Gasteiger partial charge in [-0.25, -0.2) is 4.98 Å². The highest BCUT2D eigenvalue weighted by Crippen LogP contribution is 2.40. The van der Waals surface area contributed by atoms with E-state index in [1.807, 2.05) is 6.33 Å². The minimum atomic E-state index is -0.0133. The summed E-state index contributed by atoms with van der Waals surface area (Å²) in [6.07, 6.45) is 2.86. The first-order valence-corrected chi connectivity index (χ1v) is 5.23. The Bertz CT molecular complexity index is 335. The molecule has 0 radical (unpaired) electrons. The second-order valence-electron chi connectivity index (χ2n) is 5.28. The Kier molecular flexibility index (Phi) is 1.96. The van der Waals surface area contributed by atoms with Gasteiger partial charge in [-0.15, -0.1) is 0 Å². The molecule has 1 aromatic heterocycles. The first kappa shape index (κ1) is 9.71. The first-order valence-electron chi connectivity index (χ1n) is 5.23. The number of aromatic amines is 1. The maximum absolute atomic E-state index is 4.46. The number of imidazole rings is 1. The number of nitrogens with one attached hydrogen (secondary N) is 2. The van der Waals surface area contributed by atoms with Gasteiger partial charge in [0.1, 0.15) is 0 Å². The zero-order valence-electron chi connectivity index (χ0n) is 9.44. The molecule has 2 rings (SSSR count). The molecule has 0 fully saturated rings. The summed E-state index contributed by atoms with van der Waals surface area (Å²) < 4.78 is 0. The van der Waals surface area contributed by atoms with Crippen molar-refractivity contribution < 1.29 is 0 Å². The summed E-state index contributed by atoms with van der Waals surface area (Å²) in [5, 5.41) is 3.60. The minimum absolute atomic E-state index is 0.0133. The highest BCUT2D eigenvalue weighted by atomic mass is 15.1. The standard InChI is InChI=1S/C11H19N3/c1-10(2,3)11(4)9-8(5-6-14-11)12-7-13-9/h7,14H,5-6H2,1-4H3,(H,12,13). The van der Waals surface area contributed by atoms with Crippen LogP contribution in [0.5, 0.6) is 0 Å². The van der Waals surface area contributed by atoms with Gasteiger partial charge in [0.25, 0.3) is 0 Å². The van der Waals surface area contributed by atoms with Crippen molar-refractivity contribution in [1.29, 1.82) is 0 Å². The number of hydrogen-bond donors (Lipinski definition) is 2. The van der Waals surface area contributed by atoms with Crippen LogP contribution in [-0.4, -0.2) is 16.5 Å². The zero-order chi connectivity index (χ0) is 10.4. The second-order valence-corrected chi connectivity index (χ2v) is 5.28. The van der Waals surface area contributed by atoms with Gasteiger partial charge in [-0.3, -0.25) is 0 Å². The summed E-state index contributed by atoms with van der Waals surface area (Å²) in [7, 11) is 0. The maximum Gasteiger partial charge on any atom is 0.0926 e. The number of hydrogen-bond acceptors (Lipinski definition) is 2. The van der Waals surface area contributed by atoms with Crippen molar-refractivity contribution in [1.82, 2.24) is 15.3 Å². The molecule has 78 valence electrons. The number of rotatable bonds is 0. The summed E-state index contributed by atoms with van der Waals surface area (Å²) >= 11 is 0. The van der Waals surface area contributed by atoms with E-state index in [1.54, 1.807) is 0 Å². The van der Waals surface area contributed by atoms with Gasteiger partial charge in [0.15, 0.2) is 0 Å². The molecule has 0 saturated heterocycles. The zero-order valence-corrected chi connectivity index (χ0v) is 9.44. The van der Waals surface area contributed by atoms with Gasteiger partial charge in [-0.1, -0.05) is 20.8 Å². The van der Waals surface area contributed by atoms with Crippen LogP contribution >= 0.6 is 0 Å². The first-order chi connectivity index (χ1) is 6.45. The summed E-state index contributed by atoms with van der Waals surface area (Å²) in [6, 6.07) is 0. The normalized spacial score (nSPS) is 27.4.